The van der Waals surface area contributed by atoms with E-state index in [9.17, 15) is 0 Å². The zero-order valence-electron chi connectivity index (χ0n) is 13.1. The van der Waals surface area contributed by atoms with Crippen LogP contribution in [0.5, 0.6) is 0 Å². The van der Waals surface area contributed by atoms with Gasteiger partial charge in [-0.15, -0.1) is 0 Å². The summed E-state index contributed by atoms with van der Waals surface area (Å²) in [4.78, 5) is 4.86. The molecule has 0 fully saturated rings. The molecule has 0 amide bonds. The van der Waals surface area contributed by atoms with Gasteiger partial charge in [-0.2, -0.15) is 0 Å². The van der Waals surface area contributed by atoms with Crippen molar-refractivity contribution in [3.05, 3.63) is 29.1 Å². The summed E-state index contributed by atoms with van der Waals surface area (Å²) >= 11 is 0. The molecule has 0 atom stereocenters. The lowest BCUT2D eigenvalue weighted by Crippen LogP contribution is -2.07. The number of hydrogen-bond acceptors (Lipinski definition) is 2. The maximum absolute atomic E-state index is 5.62. The number of aromatic nitrogens is 2. The van der Waals surface area contributed by atoms with Crippen molar-refractivity contribution in [1.29, 1.82) is 0 Å². The van der Waals surface area contributed by atoms with E-state index in [0.717, 1.165) is 37.9 Å². The number of fused-ring (bicyclic) bond motifs is 1. The molecule has 3 nitrogen and oxygen atoms in total. The van der Waals surface area contributed by atoms with E-state index in [2.05, 4.69) is 37.5 Å². The Labute approximate surface area is 122 Å². The van der Waals surface area contributed by atoms with Gasteiger partial charge in [0.15, 0.2) is 0 Å². The average Bonchev–Trinajstić information content (AvgIpc) is 2.75. The van der Waals surface area contributed by atoms with Crippen molar-refractivity contribution in [3.8, 4) is 0 Å². The molecule has 2 aromatic rings. The van der Waals surface area contributed by atoms with E-state index in [1.165, 1.54) is 35.3 Å². The first-order valence-electron chi connectivity index (χ1n) is 7.83. The Morgan fingerprint density at radius 3 is 2.55 bits per heavy atom. The zero-order chi connectivity index (χ0) is 14.5. The number of unbranched alkanes of at least 4 members (excludes halogenated alkanes) is 2. The molecule has 2 rings (SSSR count). The third-order valence-electron chi connectivity index (χ3n) is 4.03. The van der Waals surface area contributed by atoms with E-state index >= 15 is 0 Å². The van der Waals surface area contributed by atoms with Crippen molar-refractivity contribution in [2.75, 3.05) is 6.54 Å². The lowest BCUT2D eigenvalue weighted by Gasteiger charge is -2.09. The Morgan fingerprint density at radius 1 is 1.10 bits per heavy atom. The highest BCUT2D eigenvalue weighted by Crippen LogP contribution is 2.22. The first-order chi connectivity index (χ1) is 9.67. The van der Waals surface area contributed by atoms with Crippen LogP contribution >= 0.6 is 0 Å². The van der Waals surface area contributed by atoms with Gasteiger partial charge in [0.1, 0.15) is 5.82 Å². The van der Waals surface area contributed by atoms with E-state index in [4.69, 9.17) is 10.7 Å². The molecular formula is C17H27N3. The smallest absolute Gasteiger partial charge is 0.109 e. The molecule has 0 aliphatic heterocycles. The van der Waals surface area contributed by atoms with Crippen molar-refractivity contribution >= 4 is 11.0 Å². The Morgan fingerprint density at radius 2 is 1.85 bits per heavy atom. The highest BCUT2D eigenvalue weighted by atomic mass is 15.1. The quantitative estimate of drug-likeness (QED) is 0.781. The topological polar surface area (TPSA) is 43.8 Å². The molecule has 0 aliphatic rings. The van der Waals surface area contributed by atoms with Gasteiger partial charge in [0, 0.05) is 13.0 Å². The summed E-state index contributed by atoms with van der Waals surface area (Å²) in [5, 5.41) is 0. The highest BCUT2D eigenvalue weighted by Gasteiger charge is 2.11. The van der Waals surface area contributed by atoms with Crippen LogP contribution in [-0.2, 0) is 13.0 Å². The molecule has 20 heavy (non-hydrogen) atoms. The van der Waals surface area contributed by atoms with Crippen LogP contribution in [0.25, 0.3) is 11.0 Å². The SMILES string of the molecule is CCCCc1nc2cc(C)c(C)cc2n1CCCCN. The fourth-order valence-electron chi connectivity index (χ4n) is 2.62. The van der Waals surface area contributed by atoms with Gasteiger partial charge < -0.3 is 10.3 Å². The normalized spacial score (nSPS) is 11.4. The molecule has 1 heterocycles. The summed E-state index contributed by atoms with van der Waals surface area (Å²) in [7, 11) is 0. The van der Waals surface area contributed by atoms with Gasteiger partial charge in [-0.1, -0.05) is 13.3 Å². The van der Waals surface area contributed by atoms with Gasteiger partial charge in [0.25, 0.3) is 0 Å². The number of rotatable bonds is 7. The van der Waals surface area contributed by atoms with Crippen molar-refractivity contribution in [1.82, 2.24) is 9.55 Å². The molecule has 0 saturated carbocycles. The van der Waals surface area contributed by atoms with Crippen molar-refractivity contribution in [2.24, 2.45) is 5.73 Å². The molecule has 0 radical (unpaired) electrons. The van der Waals surface area contributed by atoms with Crippen LogP contribution in [-0.4, -0.2) is 16.1 Å². The van der Waals surface area contributed by atoms with Crippen molar-refractivity contribution < 1.29 is 0 Å². The first-order valence-corrected chi connectivity index (χ1v) is 7.83. The number of aryl methyl sites for hydroxylation is 4. The highest BCUT2D eigenvalue weighted by molar-refractivity contribution is 5.78. The summed E-state index contributed by atoms with van der Waals surface area (Å²) in [6.45, 7) is 8.38. The Hall–Kier alpha value is -1.35. The van der Waals surface area contributed by atoms with Gasteiger partial charge in [0.05, 0.1) is 11.0 Å². The molecule has 0 spiro atoms. The third kappa shape index (κ3) is 3.21. The predicted octanol–water partition coefficient (Wildman–Crippen LogP) is 3.73. The van der Waals surface area contributed by atoms with Crippen molar-refractivity contribution in [2.45, 2.75) is 59.4 Å². The third-order valence-corrected chi connectivity index (χ3v) is 4.03. The van der Waals surface area contributed by atoms with Crippen LogP contribution in [0.4, 0.5) is 0 Å². The summed E-state index contributed by atoms with van der Waals surface area (Å²) in [5.41, 5.74) is 10.7. The van der Waals surface area contributed by atoms with Crippen LogP contribution in [0, 0.1) is 13.8 Å². The van der Waals surface area contributed by atoms with Crippen LogP contribution in [0.2, 0.25) is 0 Å². The first kappa shape index (κ1) is 15.0. The van der Waals surface area contributed by atoms with E-state index in [1.54, 1.807) is 0 Å². The number of benzene rings is 1. The minimum absolute atomic E-state index is 0.773. The van der Waals surface area contributed by atoms with Gasteiger partial charge in [-0.05, 0) is 62.9 Å². The van der Waals surface area contributed by atoms with Gasteiger partial charge in [-0.3, -0.25) is 0 Å². The lowest BCUT2D eigenvalue weighted by molar-refractivity contribution is 0.592. The van der Waals surface area contributed by atoms with Gasteiger partial charge >= 0.3 is 0 Å². The molecule has 0 aliphatic carbocycles. The molecule has 0 saturated heterocycles. The Bertz CT molecular complexity index is 569. The molecule has 2 N–H and O–H groups in total. The number of imidazole rings is 1. The second-order valence-corrected chi connectivity index (χ2v) is 5.70. The summed E-state index contributed by atoms with van der Waals surface area (Å²) < 4.78 is 2.41. The summed E-state index contributed by atoms with van der Waals surface area (Å²) in [5.74, 6) is 1.24. The van der Waals surface area contributed by atoms with Gasteiger partial charge in [0.2, 0.25) is 0 Å². The maximum Gasteiger partial charge on any atom is 0.109 e. The second-order valence-electron chi connectivity index (χ2n) is 5.70. The van der Waals surface area contributed by atoms with E-state index in [-0.39, 0.29) is 0 Å². The monoisotopic (exact) mass is 273 g/mol. The molecular weight excluding hydrogens is 246 g/mol. The molecule has 1 aromatic heterocycles. The van der Waals surface area contributed by atoms with E-state index in [0.29, 0.717) is 0 Å². The number of hydrogen-bond donors (Lipinski definition) is 1. The minimum Gasteiger partial charge on any atom is -0.330 e. The lowest BCUT2D eigenvalue weighted by atomic mass is 10.1. The summed E-state index contributed by atoms with van der Waals surface area (Å²) in [6, 6.07) is 4.51. The minimum atomic E-state index is 0.773. The largest absolute Gasteiger partial charge is 0.330 e. The molecule has 0 unspecified atom stereocenters. The predicted molar refractivity (Wildman–Crippen MR) is 86.1 cm³/mol. The van der Waals surface area contributed by atoms with Crippen LogP contribution in [0.1, 0.15) is 49.6 Å². The maximum atomic E-state index is 5.62. The number of nitrogens with zero attached hydrogens (tertiary/aromatic N) is 2. The van der Waals surface area contributed by atoms with Crippen LogP contribution < -0.4 is 5.73 Å². The second kappa shape index (κ2) is 6.89. The fraction of sp³-hybridized carbons (Fsp3) is 0.588. The standard InChI is InChI=1S/C17H27N3/c1-4-5-8-17-19-15-11-13(2)14(3)12-16(15)20(17)10-7-6-9-18/h11-12H,4-10,18H2,1-3H3. The molecule has 0 bridgehead atoms. The Balaban J connectivity index is 2.38. The van der Waals surface area contributed by atoms with E-state index in [1.807, 2.05) is 0 Å². The zero-order valence-corrected chi connectivity index (χ0v) is 13.1. The molecule has 110 valence electrons. The van der Waals surface area contributed by atoms with Gasteiger partial charge in [-0.25, -0.2) is 4.98 Å². The molecule has 3 heteroatoms. The van der Waals surface area contributed by atoms with E-state index < -0.39 is 0 Å². The number of nitrogens with two attached hydrogens (primary N) is 1. The summed E-state index contributed by atoms with van der Waals surface area (Å²) in [6.07, 6.45) is 5.71. The fourth-order valence-corrected chi connectivity index (χ4v) is 2.62. The van der Waals surface area contributed by atoms with Crippen molar-refractivity contribution in [3.63, 3.8) is 0 Å². The molecule has 1 aromatic carbocycles. The van der Waals surface area contributed by atoms with Crippen LogP contribution in [0.15, 0.2) is 12.1 Å². The average molecular weight is 273 g/mol. The van der Waals surface area contributed by atoms with Crippen LogP contribution in [0.3, 0.4) is 0 Å². The Kier molecular flexibility index (Phi) is 5.18.